The summed E-state index contributed by atoms with van der Waals surface area (Å²) in [6.45, 7) is 0.666. The van der Waals surface area contributed by atoms with E-state index in [9.17, 15) is 4.79 Å². The lowest BCUT2D eigenvalue weighted by Crippen LogP contribution is -2.30. The highest BCUT2D eigenvalue weighted by molar-refractivity contribution is 7.09. The summed E-state index contributed by atoms with van der Waals surface area (Å²) in [6, 6.07) is 22.0. The smallest absolute Gasteiger partial charge is 0.260 e. The van der Waals surface area contributed by atoms with Gasteiger partial charge in [0.2, 0.25) is 0 Å². The zero-order valence-corrected chi connectivity index (χ0v) is 14.3. The Morgan fingerprint density at radius 3 is 2.33 bits per heavy atom. The van der Waals surface area contributed by atoms with Crippen LogP contribution in [0.25, 0.3) is 11.1 Å². The summed E-state index contributed by atoms with van der Waals surface area (Å²) in [5.74, 6) is 0.670. The molecule has 0 radical (unpaired) electrons. The van der Waals surface area contributed by atoms with E-state index in [2.05, 4.69) is 12.1 Å². The van der Waals surface area contributed by atoms with Crippen molar-refractivity contribution >= 4 is 17.2 Å². The van der Waals surface area contributed by atoms with Gasteiger partial charge in [-0.1, -0.05) is 48.5 Å². The lowest BCUT2D eigenvalue weighted by molar-refractivity contribution is -0.132. The van der Waals surface area contributed by atoms with Gasteiger partial charge in [-0.05, 0) is 34.7 Å². The van der Waals surface area contributed by atoms with Gasteiger partial charge in [0, 0.05) is 11.9 Å². The predicted molar refractivity (Wildman–Crippen MR) is 98.2 cm³/mol. The Hall–Kier alpha value is -2.59. The molecule has 0 aliphatic carbocycles. The normalized spacial score (nSPS) is 10.4. The highest BCUT2D eigenvalue weighted by atomic mass is 32.1. The van der Waals surface area contributed by atoms with Gasteiger partial charge >= 0.3 is 0 Å². The summed E-state index contributed by atoms with van der Waals surface area (Å²) < 4.78 is 5.61. The van der Waals surface area contributed by atoms with Crippen molar-refractivity contribution in [3.05, 3.63) is 77.0 Å². The Labute approximate surface area is 146 Å². The number of thiophene rings is 1. The van der Waals surface area contributed by atoms with Crippen LogP contribution in [0.2, 0.25) is 0 Å². The second kappa shape index (κ2) is 7.79. The van der Waals surface area contributed by atoms with E-state index in [-0.39, 0.29) is 12.5 Å². The average Bonchev–Trinajstić information content (AvgIpc) is 3.14. The molecule has 3 nitrogen and oxygen atoms in total. The lowest BCUT2D eigenvalue weighted by Gasteiger charge is -2.16. The van der Waals surface area contributed by atoms with Crippen LogP contribution in [0.4, 0.5) is 0 Å². The second-order valence-corrected chi connectivity index (χ2v) is 6.54. The van der Waals surface area contributed by atoms with Crippen LogP contribution in [-0.4, -0.2) is 24.5 Å². The molecule has 0 fully saturated rings. The first-order valence-corrected chi connectivity index (χ1v) is 8.65. The fraction of sp³-hybridized carbons (Fsp3) is 0.150. The standard InChI is InChI=1S/C20H19NO2S/c1-21(14-19-8-5-13-24-19)20(22)15-23-18-11-9-17(10-12-18)16-6-3-2-4-7-16/h2-13H,14-15H2,1H3. The van der Waals surface area contributed by atoms with Crippen molar-refractivity contribution in [2.24, 2.45) is 0 Å². The average molecular weight is 337 g/mol. The molecule has 0 unspecified atom stereocenters. The minimum atomic E-state index is -0.0319. The van der Waals surface area contributed by atoms with E-state index >= 15 is 0 Å². The first-order valence-electron chi connectivity index (χ1n) is 7.77. The van der Waals surface area contributed by atoms with E-state index < -0.39 is 0 Å². The van der Waals surface area contributed by atoms with E-state index in [1.807, 2.05) is 60.0 Å². The largest absolute Gasteiger partial charge is 0.484 e. The molecule has 0 aliphatic rings. The summed E-state index contributed by atoms with van der Waals surface area (Å²) in [5.41, 5.74) is 2.29. The molecular formula is C20H19NO2S. The third kappa shape index (κ3) is 4.24. The van der Waals surface area contributed by atoms with Crippen LogP contribution in [0.3, 0.4) is 0 Å². The second-order valence-electron chi connectivity index (χ2n) is 5.51. The van der Waals surface area contributed by atoms with Crippen LogP contribution in [0.15, 0.2) is 72.1 Å². The minimum absolute atomic E-state index is 0.0319. The number of carbonyl (C=O) groups excluding carboxylic acids is 1. The van der Waals surface area contributed by atoms with Crippen LogP contribution >= 0.6 is 11.3 Å². The first kappa shape index (κ1) is 16.3. The summed E-state index contributed by atoms with van der Waals surface area (Å²) in [7, 11) is 1.80. The number of likely N-dealkylation sites (N-methyl/N-ethyl adjacent to an activating group) is 1. The molecule has 3 rings (SSSR count). The Balaban J connectivity index is 1.54. The molecule has 2 aromatic carbocycles. The number of benzene rings is 2. The fourth-order valence-electron chi connectivity index (χ4n) is 2.35. The third-order valence-electron chi connectivity index (χ3n) is 3.72. The van der Waals surface area contributed by atoms with Gasteiger partial charge < -0.3 is 9.64 Å². The summed E-state index contributed by atoms with van der Waals surface area (Å²) in [6.07, 6.45) is 0. The topological polar surface area (TPSA) is 29.5 Å². The highest BCUT2D eigenvalue weighted by Crippen LogP contribution is 2.22. The Bertz CT molecular complexity index is 767. The molecule has 0 saturated heterocycles. The van der Waals surface area contributed by atoms with Gasteiger partial charge in [-0.2, -0.15) is 0 Å². The van der Waals surface area contributed by atoms with Crippen molar-refractivity contribution in [3.8, 4) is 16.9 Å². The zero-order chi connectivity index (χ0) is 16.8. The minimum Gasteiger partial charge on any atom is -0.484 e. The van der Waals surface area contributed by atoms with Gasteiger partial charge in [0.15, 0.2) is 6.61 Å². The molecule has 0 atom stereocenters. The molecule has 0 spiro atoms. The van der Waals surface area contributed by atoms with Crippen molar-refractivity contribution in [1.29, 1.82) is 0 Å². The highest BCUT2D eigenvalue weighted by Gasteiger charge is 2.10. The van der Waals surface area contributed by atoms with Crippen LogP contribution < -0.4 is 4.74 Å². The first-order chi connectivity index (χ1) is 11.7. The van der Waals surface area contributed by atoms with Gasteiger partial charge in [0.25, 0.3) is 5.91 Å². The lowest BCUT2D eigenvalue weighted by atomic mass is 10.1. The monoisotopic (exact) mass is 337 g/mol. The van der Waals surface area contributed by atoms with E-state index in [1.54, 1.807) is 23.3 Å². The summed E-state index contributed by atoms with van der Waals surface area (Å²) >= 11 is 1.65. The van der Waals surface area contributed by atoms with E-state index in [0.717, 1.165) is 16.0 Å². The molecule has 4 heteroatoms. The quantitative estimate of drug-likeness (QED) is 0.665. The number of hydrogen-bond acceptors (Lipinski definition) is 3. The number of amides is 1. The molecule has 0 bridgehead atoms. The van der Waals surface area contributed by atoms with Crippen molar-refractivity contribution in [2.75, 3.05) is 13.7 Å². The molecule has 24 heavy (non-hydrogen) atoms. The molecule has 1 aromatic heterocycles. The maximum atomic E-state index is 12.1. The Morgan fingerprint density at radius 1 is 0.958 bits per heavy atom. The molecule has 1 heterocycles. The van der Waals surface area contributed by atoms with Gasteiger partial charge in [0.05, 0.1) is 6.54 Å². The van der Waals surface area contributed by atoms with Crippen molar-refractivity contribution in [2.45, 2.75) is 6.54 Å². The molecule has 0 N–H and O–H groups in total. The van der Waals surface area contributed by atoms with Crippen LogP contribution in [0, 0.1) is 0 Å². The fourth-order valence-corrected chi connectivity index (χ4v) is 3.11. The molecular weight excluding hydrogens is 318 g/mol. The maximum Gasteiger partial charge on any atom is 0.260 e. The SMILES string of the molecule is CN(Cc1cccs1)C(=O)COc1ccc(-c2ccccc2)cc1. The summed E-state index contributed by atoms with van der Waals surface area (Å²) in [4.78, 5) is 15.0. The van der Waals surface area contributed by atoms with Crippen LogP contribution in [0.5, 0.6) is 5.75 Å². The maximum absolute atomic E-state index is 12.1. The van der Waals surface area contributed by atoms with Crippen molar-refractivity contribution < 1.29 is 9.53 Å². The van der Waals surface area contributed by atoms with Gasteiger partial charge in [-0.15, -0.1) is 11.3 Å². The number of carbonyl (C=O) groups is 1. The Kier molecular flexibility index (Phi) is 5.29. The predicted octanol–water partition coefficient (Wildman–Crippen LogP) is 4.45. The number of rotatable bonds is 6. The molecule has 0 aliphatic heterocycles. The third-order valence-corrected chi connectivity index (χ3v) is 4.58. The summed E-state index contributed by atoms with van der Waals surface area (Å²) in [5, 5.41) is 2.01. The number of ether oxygens (including phenoxy) is 1. The zero-order valence-electron chi connectivity index (χ0n) is 13.5. The van der Waals surface area contributed by atoms with E-state index in [0.29, 0.717) is 12.3 Å². The van der Waals surface area contributed by atoms with E-state index in [1.165, 1.54) is 0 Å². The van der Waals surface area contributed by atoms with Gasteiger partial charge in [0.1, 0.15) is 5.75 Å². The van der Waals surface area contributed by atoms with Gasteiger partial charge in [-0.25, -0.2) is 0 Å². The number of hydrogen-bond donors (Lipinski definition) is 0. The van der Waals surface area contributed by atoms with Crippen molar-refractivity contribution in [1.82, 2.24) is 4.90 Å². The van der Waals surface area contributed by atoms with Crippen LogP contribution in [-0.2, 0) is 11.3 Å². The molecule has 1 amide bonds. The Morgan fingerprint density at radius 2 is 1.67 bits per heavy atom. The molecule has 0 saturated carbocycles. The molecule has 3 aromatic rings. The van der Waals surface area contributed by atoms with Crippen LogP contribution in [0.1, 0.15) is 4.88 Å². The van der Waals surface area contributed by atoms with E-state index in [4.69, 9.17) is 4.74 Å². The molecule has 122 valence electrons. The number of nitrogens with zero attached hydrogens (tertiary/aromatic N) is 1. The van der Waals surface area contributed by atoms with Crippen molar-refractivity contribution in [3.63, 3.8) is 0 Å². The van der Waals surface area contributed by atoms with Gasteiger partial charge in [-0.3, -0.25) is 4.79 Å².